The predicted octanol–water partition coefficient (Wildman–Crippen LogP) is 6.19. The second-order valence-electron chi connectivity index (χ2n) is 8.67. The first kappa shape index (κ1) is 15.0. The molecule has 4 aliphatic carbocycles. The topological polar surface area (TPSA) is 20.2 Å². The Labute approximate surface area is 144 Å². The molecule has 3 unspecified atom stereocenters. The molecule has 0 radical (unpaired) electrons. The van der Waals surface area contributed by atoms with E-state index in [4.69, 9.17) is 11.6 Å². The molecule has 1 aromatic rings. The number of rotatable bonds is 2. The van der Waals surface area contributed by atoms with Crippen LogP contribution in [-0.4, -0.2) is 5.11 Å². The average Bonchev–Trinajstić information content (AvgIpc) is 2.64. The van der Waals surface area contributed by atoms with Gasteiger partial charge < -0.3 is 5.11 Å². The van der Waals surface area contributed by atoms with Crippen molar-refractivity contribution in [3.63, 3.8) is 0 Å². The number of hydrogen-bond acceptors (Lipinski definition) is 2. The van der Waals surface area contributed by atoms with Gasteiger partial charge in [-0.25, -0.2) is 0 Å². The summed E-state index contributed by atoms with van der Waals surface area (Å²) >= 11 is 11.3. The van der Waals surface area contributed by atoms with Crippen molar-refractivity contribution in [3.8, 4) is 0 Å². The van der Waals surface area contributed by atoms with Crippen LogP contribution in [0.15, 0.2) is 9.85 Å². The summed E-state index contributed by atoms with van der Waals surface area (Å²) in [5.41, 5.74) is 0.956. The number of thiophene rings is 1. The zero-order chi connectivity index (χ0) is 15.0. The van der Waals surface area contributed by atoms with Crippen LogP contribution in [0.25, 0.3) is 0 Å². The summed E-state index contributed by atoms with van der Waals surface area (Å²) in [7, 11) is 0. The molecular weight excluding hydrogens is 368 g/mol. The molecule has 0 aromatic carbocycles. The van der Waals surface area contributed by atoms with Crippen LogP contribution in [0.2, 0.25) is 5.02 Å². The fourth-order valence-corrected chi connectivity index (χ4v) is 8.52. The van der Waals surface area contributed by atoms with Crippen molar-refractivity contribution in [1.82, 2.24) is 0 Å². The summed E-state index contributed by atoms with van der Waals surface area (Å²) in [4.78, 5) is 1.04. The van der Waals surface area contributed by atoms with E-state index in [0.717, 1.165) is 19.6 Å². The molecular formula is C17H22BrClOS. The van der Waals surface area contributed by atoms with Gasteiger partial charge >= 0.3 is 0 Å². The Balaban J connectivity index is 1.73. The minimum atomic E-state index is -0.353. The minimum absolute atomic E-state index is 0.0799. The second-order valence-corrected chi connectivity index (χ2v) is 11.5. The van der Waals surface area contributed by atoms with Crippen LogP contribution in [0.1, 0.15) is 63.4 Å². The normalized spacial score (nSPS) is 46.0. The van der Waals surface area contributed by atoms with Crippen LogP contribution in [0.3, 0.4) is 0 Å². The molecule has 4 heteroatoms. The number of aliphatic hydroxyl groups excluding tert-OH is 1. The smallest absolute Gasteiger partial charge is 0.0939 e. The van der Waals surface area contributed by atoms with Gasteiger partial charge in [-0.1, -0.05) is 25.4 Å². The Morgan fingerprint density at radius 3 is 2.33 bits per heavy atom. The maximum Gasteiger partial charge on any atom is 0.0939 e. The van der Waals surface area contributed by atoms with Crippen LogP contribution < -0.4 is 0 Å². The largest absolute Gasteiger partial charge is 0.387 e. The van der Waals surface area contributed by atoms with Gasteiger partial charge in [-0.3, -0.25) is 0 Å². The highest BCUT2D eigenvalue weighted by Crippen LogP contribution is 2.72. The molecule has 5 rings (SSSR count). The van der Waals surface area contributed by atoms with E-state index in [-0.39, 0.29) is 11.5 Å². The van der Waals surface area contributed by atoms with Gasteiger partial charge in [-0.15, -0.1) is 11.3 Å². The summed E-state index contributed by atoms with van der Waals surface area (Å²) in [6.07, 6.45) is 7.29. The highest BCUT2D eigenvalue weighted by Gasteiger charge is 2.62. The molecule has 1 heterocycles. The summed E-state index contributed by atoms with van der Waals surface area (Å²) in [6, 6.07) is 1.96. The van der Waals surface area contributed by atoms with Gasteiger partial charge in [-0.2, -0.15) is 0 Å². The summed E-state index contributed by atoms with van der Waals surface area (Å²) < 4.78 is 0.945. The molecule has 0 aliphatic heterocycles. The van der Waals surface area contributed by atoms with Crippen molar-refractivity contribution in [3.05, 3.63) is 19.8 Å². The number of hydrogen-bond donors (Lipinski definition) is 1. The maximum absolute atomic E-state index is 11.2. The predicted molar refractivity (Wildman–Crippen MR) is 91.8 cm³/mol. The van der Waals surface area contributed by atoms with E-state index < -0.39 is 0 Å². The third-order valence-electron chi connectivity index (χ3n) is 6.18. The SMILES string of the molecule is CC12CC3CC(C)(C1)CC(C(O)c1cc(Cl)c(Br)s1)(C3)C2. The Kier molecular flexibility index (Phi) is 3.21. The number of halogens is 2. The van der Waals surface area contributed by atoms with Crippen molar-refractivity contribution < 1.29 is 5.11 Å². The van der Waals surface area contributed by atoms with E-state index >= 15 is 0 Å². The molecule has 0 amide bonds. The first-order valence-corrected chi connectivity index (χ1v) is 9.84. The molecule has 4 aliphatic rings. The fourth-order valence-electron chi connectivity index (χ4n) is 6.64. The average molecular weight is 390 g/mol. The van der Waals surface area contributed by atoms with Crippen LogP contribution in [0.4, 0.5) is 0 Å². The lowest BCUT2D eigenvalue weighted by Gasteiger charge is -2.66. The minimum Gasteiger partial charge on any atom is -0.387 e. The van der Waals surface area contributed by atoms with E-state index in [2.05, 4.69) is 29.8 Å². The van der Waals surface area contributed by atoms with E-state index in [1.165, 1.54) is 38.5 Å². The molecule has 21 heavy (non-hydrogen) atoms. The lowest BCUT2D eigenvalue weighted by molar-refractivity contribution is -0.186. The fraction of sp³-hybridized carbons (Fsp3) is 0.765. The Morgan fingerprint density at radius 1 is 1.24 bits per heavy atom. The first-order chi connectivity index (χ1) is 9.73. The molecule has 4 saturated carbocycles. The second kappa shape index (κ2) is 4.49. The molecule has 1 nitrogen and oxygen atoms in total. The van der Waals surface area contributed by atoms with E-state index in [1.807, 2.05) is 6.07 Å². The summed E-state index contributed by atoms with van der Waals surface area (Å²) in [5.74, 6) is 0.810. The third kappa shape index (κ3) is 2.26. The Bertz CT molecular complexity index is 560. The Morgan fingerprint density at radius 2 is 1.86 bits per heavy atom. The van der Waals surface area contributed by atoms with E-state index in [1.54, 1.807) is 11.3 Å². The lowest BCUT2D eigenvalue weighted by atomic mass is 9.39. The van der Waals surface area contributed by atoms with Gasteiger partial charge in [-0.05, 0) is 77.3 Å². The molecule has 1 aromatic heterocycles. The zero-order valence-corrected chi connectivity index (χ0v) is 15.7. The number of aliphatic hydroxyl groups is 1. The van der Waals surface area contributed by atoms with Gasteiger partial charge in [0.25, 0.3) is 0 Å². The standard InChI is InChI=1S/C17H22BrClOS/c1-15-4-10-5-16(2,7-15)9-17(6-10,8-15)13(20)12-3-11(19)14(18)21-12/h3,10,13,20H,4-9H2,1-2H3. The molecule has 3 atom stereocenters. The van der Waals surface area contributed by atoms with Gasteiger partial charge in [0.05, 0.1) is 14.9 Å². The molecule has 4 bridgehead atoms. The van der Waals surface area contributed by atoms with Crippen LogP contribution in [0, 0.1) is 22.2 Å². The quantitative estimate of drug-likeness (QED) is 0.639. The molecule has 0 saturated heterocycles. The molecule has 116 valence electrons. The van der Waals surface area contributed by atoms with Crippen molar-refractivity contribution >= 4 is 38.9 Å². The van der Waals surface area contributed by atoms with Gasteiger partial charge in [0, 0.05) is 10.3 Å². The van der Waals surface area contributed by atoms with Crippen molar-refractivity contribution in [1.29, 1.82) is 0 Å². The van der Waals surface area contributed by atoms with Crippen molar-refractivity contribution in [2.24, 2.45) is 22.2 Å². The Hall–Kier alpha value is 0.430. The van der Waals surface area contributed by atoms with Crippen molar-refractivity contribution in [2.75, 3.05) is 0 Å². The monoisotopic (exact) mass is 388 g/mol. The van der Waals surface area contributed by atoms with E-state index in [9.17, 15) is 5.11 Å². The first-order valence-electron chi connectivity index (χ1n) is 7.86. The molecule has 1 N–H and O–H groups in total. The van der Waals surface area contributed by atoms with Crippen LogP contribution >= 0.6 is 38.9 Å². The van der Waals surface area contributed by atoms with E-state index in [0.29, 0.717) is 10.8 Å². The zero-order valence-electron chi connectivity index (χ0n) is 12.6. The van der Waals surface area contributed by atoms with Crippen molar-refractivity contribution in [2.45, 2.75) is 58.5 Å². The van der Waals surface area contributed by atoms with Gasteiger partial charge in [0.15, 0.2) is 0 Å². The maximum atomic E-state index is 11.2. The van der Waals surface area contributed by atoms with Gasteiger partial charge in [0.2, 0.25) is 0 Å². The molecule has 0 spiro atoms. The highest BCUT2D eigenvalue weighted by atomic mass is 79.9. The molecule has 4 fully saturated rings. The summed E-state index contributed by atoms with van der Waals surface area (Å²) in [5, 5.41) is 11.9. The lowest BCUT2D eigenvalue weighted by Crippen LogP contribution is -2.56. The van der Waals surface area contributed by atoms with Crippen LogP contribution in [0.5, 0.6) is 0 Å². The highest BCUT2D eigenvalue weighted by molar-refractivity contribution is 9.11. The van der Waals surface area contributed by atoms with Crippen LogP contribution in [-0.2, 0) is 0 Å². The van der Waals surface area contributed by atoms with Gasteiger partial charge in [0.1, 0.15) is 0 Å². The third-order valence-corrected chi connectivity index (χ3v) is 8.71. The summed E-state index contributed by atoms with van der Waals surface area (Å²) in [6.45, 7) is 4.91.